The lowest BCUT2D eigenvalue weighted by atomic mass is 10.1. The molecular formula is C14H25N3O2. The summed E-state index contributed by atoms with van der Waals surface area (Å²) in [6.45, 7) is 13.7. The Balaban J connectivity index is 1.97. The van der Waals surface area contributed by atoms with Crippen molar-refractivity contribution in [2.45, 2.75) is 52.3 Å². The molecule has 2 heterocycles. The van der Waals surface area contributed by atoms with Gasteiger partial charge in [0.05, 0.1) is 24.4 Å². The van der Waals surface area contributed by atoms with Crippen LogP contribution in [-0.4, -0.2) is 35.8 Å². The smallest absolute Gasteiger partial charge is 0.297 e. The van der Waals surface area contributed by atoms with E-state index in [-0.39, 0.29) is 11.1 Å². The van der Waals surface area contributed by atoms with Crippen molar-refractivity contribution in [1.82, 2.24) is 10.3 Å². The summed E-state index contributed by atoms with van der Waals surface area (Å²) in [5, 5.41) is 3.40. The van der Waals surface area contributed by atoms with Crippen LogP contribution in [0.2, 0.25) is 0 Å². The SMILES string of the molecule is CC(C)(C)NCc1coc(N2CCOC(C)(C)C2)n1. The Kier molecular flexibility index (Phi) is 3.87. The number of aromatic nitrogens is 1. The Morgan fingerprint density at radius 2 is 2.16 bits per heavy atom. The van der Waals surface area contributed by atoms with Crippen LogP contribution in [0.25, 0.3) is 0 Å². The zero-order valence-corrected chi connectivity index (χ0v) is 12.6. The van der Waals surface area contributed by atoms with E-state index in [1.54, 1.807) is 6.26 Å². The van der Waals surface area contributed by atoms with Crippen LogP contribution in [-0.2, 0) is 11.3 Å². The van der Waals surface area contributed by atoms with E-state index in [1.165, 1.54) is 0 Å². The molecule has 0 bridgehead atoms. The minimum Gasteiger partial charge on any atom is -0.432 e. The molecule has 0 unspecified atom stereocenters. The van der Waals surface area contributed by atoms with Crippen LogP contribution in [0.3, 0.4) is 0 Å². The fraction of sp³-hybridized carbons (Fsp3) is 0.786. The van der Waals surface area contributed by atoms with Gasteiger partial charge in [0.15, 0.2) is 0 Å². The molecule has 108 valence electrons. The number of hydrogen-bond acceptors (Lipinski definition) is 5. The lowest BCUT2D eigenvalue weighted by Crippen LogP contribution is -2.48. The molecule has 0 spiro atoms. The molecular weight excluding hydrogens is 242 g/mol. The fourth-order valence-electron chi connectivity index (χ4n) is 2.06. The van der Waals surface area contributed by atoms with Gasteiger partial charge in [-0.25, -0.2) is 0 Å². The van der Waals surface area contributed by atoms with E-state index in [2.05, 4.69) is 49.8 Å². The van der Waals surface area contributed by atoms with Crippen molar-refractivity contribution < 1.29 is 9.15 Å². The number of ether oxygens (including phenoxy) is 1. The van der Waals surface area contributed by atoms with E-state index in [4.69, 9.17) is 9.15 Å². The van der Waals surface area contributed by atoms with Gasteiger partial charge >= 0.3 is 0 Å². The maximum atomic E-state index is 5.69. The standard InChI is InChI=1S/C14H25N3O2/c1-13(2,3)15-8-11-9-18-12(16-11)17-6-7-19-14(4,5)10-17/h9,15H,6-8,10H2,1-5H3. The molecule has 0 aromatic carbocycles. The van der Waals surface area contributed by atoms with Gasteiger partial charge in [0.25, 0.3) is 6.01 Å². The zero-order valence-electron chi connectivity index (χ0n) is 12.6. The molecule has 5 nitrogen and oxygen atoms in total. The highest BCUT2D eigenvalue weighted by Crippen LogP contribution is 2.22. The van der Waals surface area contributed by atoms with Gasteiger partial charge in [-0.3, -0.25) is 0 Å². The predicted octanol–water partition coefficient (Wildman–Crippen LogP) is 2.18. The highest BCUT2D eigenvalue weighted by atomic mass is 16.5. The molecule has 0 aliphatic carbocycles. The van der Waals surface area contributed by atoms with Crippen LogP contribution in [0, 0.1) is 0 Å². The summed E-state index contributed by atoms with van der Waals surface area (Å²) in [7, 11) is 0. The second-order valence-electron chi connectivity index (χ2n) is 6.75. The number of morpholine rings is 1. The first kappa shape index (κ1) is 14.3. The highest BCUT2D eigenvalue weighted by Gasteiger charge is 2.29. The molecule has 1 aromatic heterocycles. The van der Waals surface area contributed by atoms with Gasteiger partial charge in [0.2, 0.25) is 0 Å². The third-order valence-corrected chi connectivity index (χ3v) is 3.04. The van der Waals surface area contributed by atoms with Crippen LogP contribution in [0.4, 0.5) is 6.01 Å². The molecule has 1 N–H and O–H groups in total. The molecule has 19 heavy (non-hydrogen) atoms. The maximum absolute atomic E-state index is 5.69. The normalized spacial score (nSPS) is 19.7. The van der Waals surface area contributed by atoms with Crippen molar-refractivity contribution in [3.63, 3.8) is 0 Å². The summed E-state index contributed by atoms with van der Waals surface area (Å²) < 4.78 is 11.3. The Bertz CT molecular complexity index is 421. The van der Waals surface area contributed by atoms with Crippen molar-refractivity contribution in [3.8, 4) is 0 Å². The number of nitrogens with zero attached hydrogens (tertiary/aromatic N) is 2. The summed E-state index contributed by atoms with van der Waals surface area (Å²) in [6.07, 6.45) is 1.73. The van der Waals surface area contributed by atoms with E-state index in [9.17, 15) is 0 Å². The van der Waals surface area contributed by atoms with Crippen LogP contribution < -0.4 is 10.2 Å². The quantitative estimate of drug-likeness (QED) is 0.909. The third-order valence-electron chi connectivity index (χ3n) is 3.04. The lowest BCUT2D eigenvalue weighted by molar-refractivity contribution is -0.0290. The van der Waals surface area contributed by atoms with Crippen molar-refractivity contribution in [3.05, 3.63) is 12.0 Å². The summed E-state index contributed by atoms with van der Waals surface area (Å²) >= 11 is 0. The molecule has 1 aliphatic rings. The summed E-state index contributed by atoms with van der Waals surface area (Å²) in [5.74, 6) is 0. The Morgan fingerprint density at radius 3 is 2.79 bits per heavy atom. The molecule has 0 atom stereocenters. The summed E-state index contributed by atoms with van der Waals surface area (Å²) in [4.78, 5) is 6.69. The number of oxazole rings is 1. The van der Waals surface area contributed by atoms with Crippen molar-refractivity contribution >= 4 is 6.01 Å². The van der Waals surface area contributed by atoms with Gasteiger partial charge < -0.3 is 19.4 Å². The molecule has 0 saturated carbocycles. The lowest BCUT2D eigenvalue weighted by Gasteiger charge is -2.37. The van der Waals surface area contributed by atoms with Crippen molar-refractivity contribution in [1.29, 1.82) is 0 Å². The predicted molar refractivity (Wildman–Crippen MR) is 75.3 cm³/mol. The van der Waals surface area contributed by atoms with Crippen molar-refractivity contribution in [2.24, 2.45) is 0 Å². The second-order valence-corrected chi connectivity index (χ2v) is 6.75. The van der Waals surface area contributed by atoms with Gasteiger partial charge in [0.1, 0.15) is 6.26 Å². The molecule has 2 rings (SSSR count). The van der Waals surface area contributed by atoms with Gasteiger partial charge in [0, 0.05) is 18.6 Å². The minimum atomic E-state index is -0.142. The third kappa shape index (κ3) is 4.21. The topological polar surface area (TPSA) is 50.5 Å². The van der Waals surface area contributed by atoms with Gasteiger partial charge in [-0.15, -0.1) is 0 Å². The highest BCUT2D eigenvalue weighted by molar-refractivity contribution is 5.28. The molecule has 1 fully saturated rings. The van der Waals surface area contributed by atoms with E-state index < -0.39 is 0 Å². The molecule has 0 radical (unpaired) electrons. The molecule has 1 saturated heterocycles. The largest absolute Gasteiger partial charge is 0.432 e. The Labute approximate surface area is 115 Å². The molecule has 1 aliphatic heterocycles. The van der Waals surface area contributed by atoms with Gasteiger partial charge in [-0.1, -0.05) is 0 Å². The first-order chi connectivity index (χ1) is 8.75. The van der Waals surface area contributed by atoms with Gasteiger partial charge in [-0.05, 0) is 34.6 Å². The minimum absolute atomic E-state index is 0.0834. The van der Waals surface area contributed by atoms with Crippen LogP contribution >= 0.6 is 0 Å². The monoisotopic (exact) mass is 267 g/mol. The van der Waals surface area contributed by atoms with Crippen molar-refractivity contribution in [2.75, 3.05) is 24.6 Å². The molecule has 5 heteroatoms. The van der Waals surface area contributed by atoms with E-state index >= 15 is 0 Å². The van der Waals surface area contributed by atoms with Crippen LogP contribution in [0.5, 0.6) is 0 Å². The fourth-order valence-corrected chi connectivity index (χ4v) is 2.06. The molecule has 1 aromatic rings. The average molecular weight is 267 g/mol. The zero-order chi connectivity index (χ0) is 14.1. The number of rotatable bonds is 3. The summed E-state index contributed by atoms with van der Waals surface area (Å²) in [5.41, 5.74) is 0.880. The molecule has 0 amide bonds. The maximum Gasteiger partial charge on any atom is 0.297 e. The Hall–Kier alpha value is -1.07. The number of anilines is 1. The first-order valence-corrected chi connectivity index (χ1v) is 6.84. The number of hydrogen-bond donors (Lipinski definition) is 1. The van der Waals surface area contributed by atoms with Gasteiger partial charge in [-0.2, -0.15) is 4.98 Å². The Morgan fingerprint density at radius 1 is 1.42 bits per heavy atom. The van der Waals surface area contributed by atoms with E-state index in [1.807, 2.05) is 0 Å². The summed E-state index contributed by atoms with van der Waals surface area (Å²) in [6, 6.07) is 0.696. The van der Waals surface area contributed by atoms with Crippen LogP contribution in [0.15, 0.2) is 10.7 Å². The van der Waals surface area contributed by atoms with E-state index in [0.717, 1.165) is 25.3 Å². The average Bonchev–Trinajstić information content (AvgIpc) is 2.72. The second kappa shape index (κ2) is 5.13. The van der Waals surface area contributed by atoms with E-state index in [0.29, 0.717) is 12.6 Å². The first-order valence-electron chi connectivity index (χ1n) is 6.84. The number of nitrogens with one attached hydrogen (secondary N) is 1. The van der Waals surface area contributed by atoms with Crippen LogP contribution in [0.1, 0.15) is 40.3 Å².